The first-order valence-electron chi connectivity index (χ1n) is 3.87. The fourth-order valence-electron chi connectivity index (χ4n) is 0.906. The first kappa shape index (κ1) is 9.55. The van der Waals surface area contributed by atoms with Crippen LogP contribution in [0.1, 0.15) is 25.6 Å². The summed E-state index contributed by atoms with van der Waals surface area (Å²) in [5, 5.41) is 4.93. The van der Waals surface area contributed by atoms with E-state index in [-0.39, 0.29) is 0 Å². The zero-order valence-corrected chi connectivity index (χ0v) is 8.30. The summed E-state index contributed by atoms with van der Waals surface area (Å²) in [7, 11) is 1.63. The van der Waals surface area contributed by atoms with Gasteiger partial charge in [0.2, 0.25) is 0 Å². The van der Waals surface area contributed by atoms with E-state index in [1.54, 1.807) is 7.11 Å². The topological polar surface area (TPSA) is 27.1 Å². The van der Waals surface area contributed by atoms with Crippen LogP contribution in [-0.4, -0.2) is 16.9 Å². The standard InChI is InChI=1S/C8H13ClN2O/c1-6(2)11-4-7(9)8(10-11)5-12-3/h4,6H,5H2,1-3H3. The summed E-state index contributed by atoms with van der Waals surface area (Å²) < 4.78 is 6.77. The predicted octanol–water partition coefficient (Wildman–Crippen LogP) is 2.26. The van der Waals surface area contributed by atoms with E-state index in [9.17, 15) is 0 Å². The zero-order valence-electron chi connectivity index (χ0n) is 7.54. The third-order valence-electron chi connectivity index (χ3n) is 1.57. The molecule has 1 rings (SSSR count). The summed E-state index contributed by atoms with van der Waals surface area (Å²) in [6, 6.07) is 0.341. The third kappa shape index (κ3) is 1.99. The van der Waals surface area contributed by atoms with Crippen LogP contribution in [0.3, 0.4) is 0 Å². The van der Waals surface area contributed by atoms with Crippen molar-refractivity contribution in [3.05, 3.63) is 16.9 Å². The van der Waals surface area contributed by atoms with Crippen molar-refractivity contribution in [1.82, 2.24) is 9.78 Å². The monoisotopic (exact) mass is 188 g/mol. The lowest BCUT2D eigenvalue weighted by molar-refractivity contribution is 0.180. The van der Waals surface area contributed by atoms with Gasteiger partial charge in [0, 0.05) is 19.3 Å². The molecule has 1 aromatic rings. The Morgan fingerprint density at radius 1 is 1.67 bits per heavy atom. The maximum atomic E-state index is 5.90. The largest absolute Gasteiger partial charge is 0.378 e. The Hall–Kier alpha value is -0.540. The second-order valence-corrected chi connectivity index (χ2v) is 3.34. The van der Waals surface area contributed by atoms with E-state index in [1.165, 1.54) is 0 Å². The summed E-state index contributed by atoms with van der Waals surface area (Å²) in [5.41, 5.74) is 0.799. The SMILES string of the molecule is COCc1nn(C(C)C)cc1Cl. The number of aromatic nitrogens is 2. The van der Waals surface area contributed by atoms with Crippen LogP contribution in [0.5, 0.6) is 0 Å². The molecule has 4 heteroatoms. The van der Waals surface area contributed by atoms with E-state index in [1.807, 2.05) is 10.9 Å². The number of methoxy groups -OCH3 is 1. The van der Waals surface area contributed by atoms with Gasteiger partial charge in [-0.3, -0.25) is 4.68 Å². The normalized spacial score (nSPS) is 11.1. The Morgan fingerprint density at radius 3 is 2.75 bits per heavy atom. The van der Waals surface area contributed by atoms with E-state index in [2.05, 4.69) is 18.9 Å². The highest BCUT2D eigenvalue weighted by Crippen LogP contribution is 2.16. The molecule has 0 spiro atoms. The van der Waals surface area contributed by atoms with Crippen molar-refractivity contribution in [3.8, 4) is 0 Å². The van der Waals surface area contributed by atoms with Crippen molar-refractivity contribution >= 4 is 11.6 Å². The van der Waals surface area contributed by atoms with Crippen LogP contribution in [0.4, 0.5) is 0 Å². The molecule has 0 aliphatic carbocycles. The number of nitrogens with zero attached hydrogens (tertiary/aromatic N) is 2. The summed E-state index contributed by atoms with van der Waals surface area (Å²) in [6.07, 6.45) is 1.82. The van der Waals surface area contributed by atoms with Gasteiger partial charge in [-0.1, -0.05) is 11.6 Å². The number of rotatable bonds is 3. The quantitative estimate of drug-likeness (QED) is 0.728. The average molecular weight is 189 g/mol. The van der Waals surface area contributed by atoms with Gasteiger partial charge in [-0.2, -0.15) is 5.10 Å². The van der Waals surface area contributed by atoms with Gasteiger partial charge in [0.1, 0.15) is 5.69 Å². The Morgan fingerprint density at radius 2 is 2.33 bits per heavy atom. The number of halogens is 1. The van der Waals surface area contributed by atoms with Crippen molar-refractivity contribution in [3.63, 3.8) is 0 Å². The predicted molar refractivity (Wildman–Crippen MR) is 48.3 cm³/mol. The molecule has 68 valence electrons. The fourth-order valence-corrected chi connectivity index (χ4v) is 1.10. The molecule has 3 nitrogen and oxygen atoms in total. The van der Waals surface area contributed by atoms with Crippen LogP contribution in [-0.2, 0) is 11.3 Å². The second-order valence-electron chi connectivity index (χ2n) is 2.93. The smallest absolute Gasteiger partial charge is 0.107 e. The van der Waals surface area contributed by atoms with Gasteiger partial charge in [-0.15, -0.1) is 0 Å². The number of ether oxygens (including phenoxy) is 1. The first-order valence-corrected chi connectivity index (χ1v) is 4.25. The molecule has 0 N–H and O–H groups in total. The molecule has 12 heavy (non-hydrogen) atoms. The summed E-state index contributed by atoms with van der Waals surface area (Å²) in [5.74, 6) is 0. The van der Waals surface area contributed by atoms with Crippen molar-refractivity contribution in [2.75, 3.05) is 7.11 Å². The highest BCUT2D eigenvalue weighted by molar-refractivity contribution is 6.31. The van der Waals surface area contributed by atoms with Crippen molar-refractivity contribution in [2.24, 2.45) is 0 Å². The molecule has 0 saturated carbocycles. The van der Waals surface area contributed by atoms with Gasteiger partial charge in [0.25, 0.3) is 0 Å². The van der Waals surface area contributed by atoms with Crippen LogP contribution in [0.2, 0.25) is 5.02 Å². The van der Waals surface area contributed by atoms with Crippen molar-refractivity contribution in [1.29, 1.82) is 0 Å². The molecule has 1 aromatic heterocycles. The van der Waals surface area contributed by atoms with Gasteiger partial charge >= 0.3 is 0 Å². The van der Waals surface area contributed by atoms with Crippen LogP contribution >= 0.6 is 11.6 Å². The third-order valence-corrected chi connectivity index (χ3v) is 1.88. The molecule has 0 amide bonds. The molecule has 0 unspecified atom stereocenters. The molecule has 0 aliphatic heterocycles. The molecule has 0 atom stereocenters. The minimum Gasteiger partial charge on any atom is -0.378 e. The average Bonchev–Trinajstić information content (AvgIpc) is 2.34. The minimum atomic E-state index is 0.341. The Balaban J connectivity index is 2.85. The van der Waals surface area contributed by atoms with Crippen molar-refractivity contribution in [2.45, 2.75) is 26.5 Å². The van der Waals surface area contributed by atoms with Crippen LogP contribution in [0, 0.1) is 0 Å². The van der Waals surface area contributed by atoms with E-state index >= 15 is 0 Å². The van der Waals surface area contributed by atoms with Crippen LogP contribution < -0.4 is 0 Å². The van der Waals surface area contributed by atoms with Crippen molar-refractivity contribution < 1.29 is 4.74 Å². The summed E-state index contributed by atoms with van der Waals surface area (Å²) >= 11 is 5.90. The van der Waals surface area contributed by atoms with Gasteiger partial charge in [0.05, 0.1) is 11.6 Å². The van der Waals surface area contributed by atoms with E-state index < -0.39 is 0 Å². The van der Waals surface area contributed by atoms with E-state index in [0.717, 1.165) is 5.69 Å². The van der Waals surface area contributed by atoms with E-state index in [4.69, 9.17) is 16.3 Å². The molecular formula is C8H13ClN2O. The maximum Gasteiger partial charge on any atom is 0.107 e. The van der Waals surface area contributed by atoms with Gasteiger partial charge in [0.15, 0.2) is 0 Å². The molecule has 0 aromatic carbocycles. The Kier molecular flexibility index (Phi) is 3.12. The lowest BCUT2D eigenvalue weighted by Gasteiger charge is -2.02. The minimum absolute atomic E-state index is 0.341. The fraction of sp³-hybridized carbons (Fsp3) is 0.625. The highest BCUT2D eigenvalue weighted by Gasteiger charge is 2.07. The zero-order chi connectivity index (χ0) is 9.14. The number of hydrogen-bond acceptors (Lipinski definition) is 2. The Bertz CT molecular complexity index is 258. The maximum absolute atomic E-state index is 5.90. The van der Waals surface area contributed by atoms with Gasteiger partial charge in [-0.05, 0) is 13.8 Å². The van der Waals surface area contributed by atoms with Gasteiger partial charge < -0.3 is 4.74 Å². The molecule has 0 saturated heterocycles. The molecule has 1 heterocycles. The summed E-state index contributed by atoms with van der Waals surface area (Å²) in [4.78, 5) is 0. The molecule has 0 radical (unpaired) electrons. The molecule has 0 aliphatic rings. The molecule has 0 fully saturated rings. The van der Waals surface area contributed by atoms with Gasteiger partial charge in [-0.25, -0.2) is 0 Å². The van der Waals surface area contributed by atoms with E-state index in [0.29, 0.717) is 17.7 Å². The first-order chi connectivity index (χ1) is 5.65. The lowest BCUT2D eigenvalue weighted by atomic mass is 10.4. The molecule has 0 bridgehead atoms. The summed E-state index contributed by atoms with van der Waals surface area (Å²) in [6.45, 7) is 4.58. The van der Waals surface area contributed by atoms with Crippen LogP contribution in [0.25, 0.3) is 0 Å². The molecular weight excluding hydrogens is 176 g/mol. The second kappa shape index (κ2) is 3.92. The number of hydrogen-bond donors (Lipinski definition) is 0. The van der Waals surface area contributed by atoms with Crippen LogP contribution in [0.15, 0.2) is 6.20 Å². The lowest BCUT2D eigenvalue weighted by Crippen LogP contribution is -2.01. The highest BCUT2D eigenvalue weighted by atomic mass is 35.5. The Labute approximate surface area is 77.3 Å².